The number of hydrogen-bond acceptors (Lipinski definition) is 0. The van der Waals surface area contributed by atoms with Gasteiger partial charge in [-0.05, 0) is 202 Å². The lowest BCUT2D eigenvalue weighted by Gasteiger charge is -2.23. The Morgan fingerprint density at radius 1 is 0.0909 bits per heavy atom. The van der Waals surface area contributed by atoms with Crippen molar-refractivity contribution in [3.63, 3.8) is 0 Å². The molecule has 410 valence electrons. The third kappa shape index (κ3) is 9.64. The third-order valence-electron chi connectivity index (χ3n) is 17.9. The molecule has 0 heteroatoms. The summed E-state index contributed by atoms with van der Waals surface area (Å²) in [6.45, 7) is 0. The molecule has 0 aliphatic rings. The maximum atomic E-state index is 2.42. The van der Waals surface area contributed by atoms with E-state index in [9.17, 15) is 0 Å². The summed E-state index contributed by atoms with van der Waals surface area (Å²) in [6.07, 6.45) is 0. The Hall–Kier alpha value is -11.4. The average molecular weight is 1120 g/mol. The van der Waals surface area contributed by atoms with Gasteiger partial charge in [0.1, 0.15) is 0 Å². The van der Waals surface area contributed by atoms with Crippen molar-refractivity contribution in [3.05, 3.63) is 352 Å². The van der Waals surface area contributed by atoms with Crippen LogP contribution in [0, 0.1) is 0 Å². The van der Waals surface area contributed by atoms with Gasteiger partial charge in [-0.1, -0.05) is 315 Å². The zero-order valence-corrected chi connectivity index (χ0v) is 48.5. The normalized spacial score (nSPS) is 11.4. The summed E-state index contributed by atoms with van der Waals surface area (Å²) in [5.41, 5.74) is 26.3. The van der Waals surface area contributed by atoms with E-state index in [1.54, 1.807) is 0 Å². The molecule has 0 saturated carbocycles. The highest BCUT2D eigenvalue weighted by atomic mass is 14.3. The van der Waals surface area contributed by atoms with Crippen molar-refractivity contribution in [2.75, 3.05) is 0 Å². The van der Waals surface area contributed by atoms with Crippen molar-refractivity contribution in [2.24, 2.45) is 0 Å². The van der Waals surface area contributed by atoms with Gasteiger partial charge < -0.3 is 0 Å². The quantitative estimate of drug-likeness (QED) is 0.113. The summed E-state index contributed by atoms with van der Waals surface area (Å²) in [5, 5.41) is 9.71. The van der Waals surface area contributed by atoms with Crippen molar-refractivity contribution >= 4 is 43.1 Å². The van der Waals surface area contributed by atoms with E-state index >= 15 is 0 Å². The van der Waals surface area contributed by atoms with Crippen molar-refractivity contribution in [1.29, 1.82) is 0 Å². The fraction of sp³-hybridized carbons (Fsp3) is 0. The highest BCUT2D eigenvalue weighted by molar-refractivity contribution is 6.30. The zero-order chi connectivity index (χ0) is 58.3. The van der Waals surface area contributed by atoms with Crippen LogP contribution in [-0.4, -0.2) is 0 Å². The van der Waals surface area contributed by atoms with Crippen molar-refractivity contribution in [3.8, 4) is 122 Å². The van der Waals surface area contributed by atoms with Crippen molar-refractivity contribution in [1.82, 2.24) is 0 Å². The van der Waals surface area contributed by atoms with Gasteiger partial charge >= 0.3 is 0 Å². The molecule has 0 heterocycles. The van der Waals surface area contributed by atoms with E-state index in [0.29, 0.717) is 0 Å². The summed E-state index contributed by atoms with van der Waals surface area (Å²) in [6, 6.07) is 130. The van der Waals surface area contributed by atoms with Crippen LogP contribution in [0.1, 0.15) is 0 Å². The molecule has 0 atom stereocenters. The van der Waals surface area contributed by atoms with E-state index in [-0.39, 0.29) is 0 Å². The first-order chi connectivity index (χ1) is 43.6. The minimum atomic E-state index is 1.17. The lowest BCUT2D eigenvalue weighted by Crippen LogP contribution is -1.95. The second-order valence-electron chi connectivity index (χ2n) is 23.1. The largest absolute Gasteiger partial charge is 0.0622 e. The lowest BCUT2D eigenvalue weighted by atomic mass is 9.80. The number of rotatable bonds is 11. The molecule has 0 aromatic heterocycles. The Kier molecular flexibility index (Phi) is 13.3. The van der Waals surface area contributed by atoms with Crippen LogP contribution in [0.4, 0.5) is 0 Å². The first kappa shape index (κ1) is 52.1. The van der Waals surface area contributed by atoms with Gasteiger partial charge in [-0.2, -0.15) is 0 Å². The Balaban J connectivity index is 0.898. The number of benzene rings is 16. The van der Waals surface area contributed by atoms with Crippen LogP contribution < -0.4 is 0 Å². The van der Waals surface area contributed by atoms with Gasteiger partial charge in [0.05, 0.1) is 0 Å². The molecule has 88 heavy (non-hydrogen) atoms. The minimum absolute atomic E-state index is 1.17. The van der Waals surface area contributed by atoms with E-state index in [0.717, 1.165) is 0 Å². The number of hydrogen-bond donors (Lipinski definition) is 0. The molecule has 0 radical (unpaired) electrons. The molecule has 0 saturated heterocycles. The number of fused-ring (bicyclic) bond motifs is 4. The van der Waals surface area contributed by atoms with Crippen LogP contribution in [0.3, 0.4) is 0 Å². The van der Waals surface area contributed by atoms with Crippen molar-refractivity contribution in [2.45, 2.75) is 0 Å². The Bertz CT molecular complexity index is 4570. The van der Waals surface area contributed by atoms with Gasteiger partial charge in [0.2, 0.25) is 0 Å². The summed E-state index contributed by atoms with van der Waals surface area (Å²) in [4.78, 5) is 0. The van der Waals surface area contributed by atoms with Gasteiger partial charge in [0.15, 0.2) is 0 Å². The fourth-order valence-corrected chi connectivity index (χ4v) is 13.6. The highest BCUT2D eigenvalue weighted by Crippen LogP contribution is 2.51. The average Bonchev–Trinajstić information content (AvgIpc) is 0.913. The predicted molar refractivity (Wildman–Crippen MR) is 376 cm³/mol. The third-order valence-corrected chi connectivity index (χ3v) is 17.9. The van der Waals surface area contributed by atoms with Crippen LogP contribution in [-0.2, 0) is 0 Å². The van der Waals surface area contributed by atoms with E-state index in [1.807, 2.05) is 0 Å². The smallest absolute Gasteiger partial charge is 0.00139 e. The fourth-order valence-electron chi connectivity index (χ4n) is 13.6. The standard InChI is InChI=1S/C88H58/c1-5-21-59(22-6-1)63-37-45-67(46-38-63)71-53-72(68-47-39-64(40-48-68)60-23-7-2-8-24-60)56-75(55-71)85-77-29-13-17-33-81(77)87(82-34-18-14-30-78(82)85)88-83-35-19-15-31-79(83)86(80-32-16-20-36-84(80)88)76-57-73(69-49-41-65(42-50-69)61-25-9-3-10-26-61)54-74(58-76)70-51-43-66(44-52-70)62-27-11-4-12-28-62/h1-58H. The van der Waals surface area contributed by atoms with Crippen LogP contribution in [0.5, 0.6) is 0 Å². The molecule has 0 unspecified atom stereocenters. The highest BCUT2D eigenvalue weighted by Gasteiger charge is 2.24. The molecule has 16 rings (SSSR count). The van der Waals surface area contributed by atoms with E-state index in [1.165, 1.54) is 165 Å². The van der Waals surface area contributed by atoms with Crippen LogP contribution >= 0.6 is 0 Å². The monoisotopic (exact) mass is 1110 g/mol. The van der Waals surface area contributed by atoms with Gasteiger partial charge in [-0.15, -0.1) is 0 Å². The maximum Gasteiger partial charge on any atom is -0.00139 e. The van der Waals surface area contributed by atoms with E-state index in [4.69, 9.17) is 0 Å². The van der Waals surface area contributed by atoms with E-state index < -0.39 is 0 Å². The van der Waals surface area contributed by atoms with Gasteiger partial charge in [0, 0.05) is 0 Å². The summed E-state index contributed by atoms with van der Waals surface area (Å²) < 4.78 is 0. The zero-order valence-electron chi connectivity index (χ0n) is 48.5. The molecule has 0 N–H and O–H groups in total. The SMILES string of the molecule is c1ccc(-c2ccc(-c3cc(-c4ccc(-c5ccccc5)cc4)cc(-c4c5ccccc5c(-c5c6ccccc6c(-c6cc(-c7ccc(-c8ccccc8)cc7)cc(-c7ccc(-c8ccccc8)cc7)c6)c6ccccc56)c5ccccc45)c3)cc2)cc1. The molecule has 0 fully saturated rings. The van der Waals surface area contributed by atoms with Crippen molar-refractivity contribution < 1.29 is 0 Å². The molecule has 0 aliphatic heterocycles. The molecule has 0 nitrogen and oxygen atoms in total. The summed E-state index contributed by atoms with van der Waals surface area (Å²) in [7, 11) is 0. The summed E-state index contributed by atoms with van der Waals surface area (Å²) in [5.74, 6) is 0. The minimum Gasteiger partial charge on any atom is -0.0622 e. The van der Waals surface area contributed by atoms with Gasteiger partial charge in [-0.25, -0.2) is 0 Å². The Morgan fingerprint density at radius 3 is 0.420 bits per heavy atom. The molecule has 16 aromatic rings. The lowest BCUT2D eigenvalue weighted by molar-refractivity contribution is 1.56. The first-order valence-corrected chi connectivity index (χ1v) is 30.5. The molecular formula is C88H58. The topological polar surface area (TPSA) is 0 Å². The second-order valence-corrected chi connectivity index (χ2v) is 23.1. The van der Waals surface area contributed by atoms with Crippen LogP contribution in [0.2, 0.25) is 0 Å². The molecule has 0 spiro atoms. The molecule has 0 aliphatic carbocycles. The Morgan fingerprint density at radius 2 is 0.227 bits per heavy atom. The molecule has 0 amide bonds. The molecule has 16 aromatic carbocycles. The van der Waals surface area contributed by atoms with Crippen LogP contribution in [0.25, 0.3) is 165 Å². The first-order valence-electron chi connectivity index (χ1n) is 30.5. The van der Waals surface area contributed by atoms with E-state index in [2.05, 4.69) is 352 Å². The predicted octanol–water partition coefficient (Wildman–Crippen LogP) is 24.6. The van der Waals surface area contributed by atoms with Crippen LogP contribution in [0.15, 0.2) is 352 Å². The summed E-state index contributed by atoms with van der Waals surface area (Å²) >= 11 is 0. The Labute approximate surface area is 514 Å². The molecule has 0 bridgehead atoms. The molecular weight excluding hydrogens is 1060 g/mol. The van der Waals surface area contributed by atoms with Gasteiger partial charge in [-0.3, -0.25) is 0 Å². The second kappa shape index (κ2) is 22.5. The maximum absolute atomic E-state index is 2.42. The van der Waals surface area contributed by atoms with Gasteiger partial charge in [0.25, 0.3) is 0 Å².